The number of benzene rings is 2. The van der Waals surface area contributed by atoms with Crippen molar-refractivity contribution >= 4 is 21.6 Å². The van der Waals surface area contributed by atoms with Crippen LogP contribution >= 0.6 is 11.6 Å². The van der Waals surface area contributed by atoms with Gasteiger partial charge in [0.1, 0.15) is 5.75 Å². The third-order valence-corrected chi connectivity index (χ3v) is 7.84. The van der Waals surface area contributed by atoms with Crippen LogP contribution in [0.2, 0.25) is 5.02 Å². The van der Waals surface area contributed by atoms with Gasteiger partial charge in [0.25, 0.3) is 0 Å². The third kappa shape index (κ3) is 5.55. The molecule has 2 aromatic rings. The van der Waals surface area contributed by atoms with Crippen molar-refractivity contribution in [2.45, 2.75) is 49.6 Å². The summed E-state index contributed by atoms with van der Waals surface area (Å²) < 4.78 is 33.2. The standard InChI is InChI=1S/C23H29ClN2O3S/c24-23-16-20(9-8-19(23)17-26-12-4-5-13-26)29-21-14-18(15-21)10-11-25-30(27,28)22-6-2-1-3-7-22/h1-3,6-9,16,18,21,25H,4-5,10-15,17H2. The molecule has 1 saturated carbocycles. The molecule has 2 fully saturated rings. The molecular formula is C23H29ClN2O3S. The third-order valence-electron chi connectivity index (χ3n) is 6.01. The van der Waals surface area contributed by atoms with E-state index in [2.05, 4.69) is 15.7 Å². The molecule has 0 radical (unpaired) electrons. The summed E-state index contributed by atoms with van der Waals surface area (Å²) >= 11 is 6.47. The fraction of sp³-hybridized carbons (Fsp3) is 0.478. The lowest BCUT2D eigenvalue weighted by Gasteiger charge is -2.35. The van der Waals surface area contributed by atoms with Crippen LogP contribution < -0.4 is 9.46 Å². The smallest absolute Gasteiger partial charge is 0.240 e. The van der Waals surface area contributed by atoms with Crippen LogP contribution in [0.1, 0.15) is 37.7 Å². The van der Waals surface area contributed by atoms with Crippen LogP contribution in [-0.2, 0) is 16.6 Å². The first-order valence-electron chi connectivity index (χ1n) is 10.7. The highest BCUT2D eigenvalue weighted by molar-refractivity contribution is 7.89. The topological polar surface area (TPSA) is 58.6 Å². The first kappa shape index (κ1) is 21.6. The largest absolute Gasteiger partial charge is 0.490 e. The van der Waals surface area contributed by atoms with E-state index in [4.69, 9.17) is 16.3 Å². The minimum atomic E-state index is -3.42. The predicted octanol–water partition coefficient (Wildman–Crippen LogP) is 4.46. The molecule has 0 unspecified atom stereocenters. The highest BCUT2D eigenvalue weighted by Gasteiger charge is 2.31. The average Bonchev–Trinajstić information content (AvgIpc) is 3.22. The summed E-state index contributed by atoms with van der Waals surface area (Å²) in [5.74, 6) is 1.30. The highest BCUT2D eigenvalue weighted by Crippen LogP contribution is 2.35. The van der Waals surface area contributed by atoms with Gasteiger partial charge in [-0.1, -0.05) is 35.9 Å². The minimum Gasteiger partial charge on any atom is -0.490 e. The highest BCUT2D eigenvalue weighted by atomic mass is 35.5. The molecule has 0 aromatic heterocycles. The first-order valence-corrected chi connectivity index (χ1v) is 12.6. The zero-order valence-electron chi connectivity index (χ0n) is 17.1. The summed E-state index contributed by atoms with van der Waals surface area (Å²) in [5, 5.41) is 0.769. The molecule has 1 N–H and O–H groups in total. The van der Waals surface area contributed by atoms with Gasteiger partial charge in [-0.05, 0) is 80.9 Å². The van der Waals surface area contributed by atoms with Crippen molar-refractivity contribution in [3.63, 3.8) is 0 Å². The van der Waals surface area contributed by atoms with Crippen LogP contribution in [0.3, 0.4) is 0 Å². The number of rotatable bonds is 9. The molecule has 4 rings (SSSR count). The number of ether oxygens (including phenoxy) is 1. The number of halogens is 1. The van der Waals surface area contributed by atoms with Crippen LogP contribution in [0.25, 0.3) is 0 Å². The molecule has 0 atom stereocenters. The fourth-order valence-electron chi connectivity index (χ4n) is 4.19. The quantitative estimate of drug-likeness (QED) is 0.615. The molecule has 1 saturated heterocycles. The number of hydrogen-bond acceptors (Lipinski definition) is 4. The Kier molecular flexibility index (Phi) is 6.98. The summed E-state index contributed by atoms with van der Waals surface area (Å²) in [6.07, 6.45) is 5.44. The Bertz CT molecular complexity index is 940. The number of sulfonamides is 1. The molecule has 0 spiro atoms. The molecule has 0 amide bonds. The number of hydrogen-bond donors (Lipinski definition) is 1. The van der Waals surface area contributed by atoms with E-state index in [0.29, 0.717) is 17.4 Å². The van der Waals surface area contributed by atoms with Crippen LogP contribution in [0.15, 0.2) is 53.4 Å². The Balaban J connectivity index is 1.18. The van der Waals surface area contributed by atoms with E-state index >= 15 is 0 Å². The number of likely N-dealkylation sites (tertiary alicyclic amines) is 1. The summed E-state index contributed by atoms with van der Waals surface area (Å²) in [5.41, 5.74) is 1.16. The zero-order chi connectivity index (χ0) is 21.0. The van der Waals surface area contributed by atoms with Gasteiger partial charge in [-0.2, -0.15) is 0 Å². The predicted molar refractivity (Wildman–Crippen MR) is 119 cm³/mol. The van der Waals surface area contributed by atoms with Crippen molar-refractivity contribution in [3.8, 4) is 5.75 Å². The number of nitrogens with one attached hydrogen (secondary N) is 1. The summed E-state index contributed by atoms with van der Waals surface area (Å²) in [6.45, 7) is 3.66. The molecule has 1 aliphatic heterocycles. The maximum Gasteiger partial charge on any atom is 0.240 e. The lowest BCUT2D eigenvalue weighted by Crippen LogP contribution is -2.36. The SMILES string of the molecule is O=S(=O)(NCCC1CC(Oc2ccc(CN3CCCC3)c(Cl)c2)C1)c1ccccc1. The van der Waals surface area contributed by atoms with Crippen LogP contribution in [0.4, 0.5) is 0 Å². The lowest BCUT2D eigenvalue weighted by atomic mass is 9.80. The van der Waals surface area contributed by atoms with Gasteiger partial charge in [-0.3, -0.25) is 4.90 Å². The van der Waals surface area contributed by atoms with Crippen molar-refractivity contribution in [2.24, 2.45) is 5.92 Å². The second-order valence-electron chi connectivity index (χ2n) is 8.31. The van der Waals surface area contributed by atoms with Crippen molar-refractivity contribution in [1.29, 1.82) is 0 Å². The summed E-state index contributed by atoms with van der Waals surface area (Å²) in [4.78, 5) is 2.74. The van der Waals surface area contributed by atoms with E-state index < -0.39 is 10.0 Å². The summed E-state index contributed by atoms with van der Waals surface area (Å²) in [7, 11) is -3.42. The van der Waals surface area contributed by atoms with Crippen LogP contribution in [0.5, 0.6) is 5.75 Å². The first-order chi connectivity index (χ1) is 14.5. The monoisotopic (exact) mass is 448 g/mol. The molecule has 2 aliphatic rings. The van der Waals surface area contributed by atoms with Crippen molar-refractivity contribution in [3.05, 3.63) is 59.1 Å². The fourth-order valence-corrected chi connectivity index (χ4v) is 5.49. The Morgan fingerprint density at radius 1 is 1.07 bits per heavy atom. The van der Waals surface area contributed by atoms with Gasteiger partial charge in [-0.15, -0.1) is 0 Å². The second-order valence-corrected chi connectivity index (χ2v) is 10.5. The van der Waals surface area contributed by atoms with Gasteiger partial charge in [0.15, 0.2) is 0 Å². The van der Waals surface area contributed by atoms with Gasteiger partial charge in [0.05, 0.1) is 11.0 Å². The van der Waals surface area contributed by atoms with Crippen molar-refractivity contribution < 1.29 is 13.2 Å². The molecule has 2 aromatic carbocycles. The Hall–Kier alpha value is -1.60. The molecule has 1 heterocycles. The Morgan fingerprint density at radius 2 is 1.80 bits per heavy atom. The minimum absolute atomic E-state index is 0.182. The number of nitrogens with zero attached hydrogens (tertiary/aromatic N) is 1. The molecule has 7 heteroatoms. The van der Waals surface area contributed by atoms with Crippen molar-refractivity contribution in [2.75, 3.05) is 19.6 Å². The van der Waals surface area contributed by atoms with E-state index in [-0.39, 0.29) is 6.10 Å². The second kappa shape index (κ2) is 9.69. The lowest BCUT2D eigenvalue weighted by molar-refractivity contribution is 0.0615. The van der Waals surface area contributed by atoms with E-state index in [1.807, 2.05) is 18.2 Å². The molecular weight excluding hydrogens is 420 g/mol. The molecule has 5 nitrogen and oxygen atoms in total. The van der Waals surface area contributed by atoms with Gasteiger partial charge in [0, 0.05) is 18.1 Å². The van der Waals surface area contributed by atoms with E-state index in [9.17, 15) is 8.42 Å². The van der Waals surface area contributed by atoms with Crippen LogP contribution in [-0.4, -0.2) is 39.1 Å². The molecule has 30 heavy (non-hydrogen) atoms. The van der Waals surface area contributed by atoms with Crippen molar-refractivity contribution in [1.82, 2.24) is 9.62 Å². The van der Waals surface area contributed by atoms with Gasteiger partial charge < -0.3 is 4.74 Å². The Morgan fingerprint density at radius 3 is 2.50 bits per heavy atom. The van der Waals surface area contributed by atoms with E-state index in [0.717, 1.165) is 55.2 Å². The van der Waals surface area contributed by atoms with E-state index in [1.54, 1.807) is 24.3 Å². The Labute approximate surface area is 184 Å². The van der Waals surface area contributed by atoms with Gasteiger partial charge >= 0.3 is 0 Å². The molecule has 0 bridgehead atoms. The maximum atomic E-state index is 12.2. The normalized spacial score (nSPS) is 22.0. The van der Waals surface area contributed by atoms with Gasteiger partial charge in [-0.25, -0.2) is 13.1 Å². The maximum absolute atomic E-state index is 12.2. The van der Waals surface area contributed by atoms with E-state index in [1.165, 1.54) is 12.8 Å². The summed E-state index contributed by atoms with van der Waals surface area (Å²) in [6, 6.07) is 14.5. The zero-order valence-corrected chi connectivity index (χ0v) is 18.7. The molecule has 162 valence electrons. The van der Waals surface area contributed by atoms with Crippen LogP contribution in [0, 0.1) is 5.92 Å². The molecule has 1 aliphatic carbocycles. The average molecular weight is 449 g/mol. The van der Waals surface area contributed by atoms with Gasteiger partial charge in [0.2, 0.25) is 10.0 Å².